The van der Waals surface area contributed by atoms with Gasteiger partial charge in [-0.15, -0.1) is 11.8 Å². The van der Waals surface area contributed by atoms with E-state index in [2.05, 4.69) is 19.9 Å². The number of ether oxygens (including phenoxy) is 1. The number of rotatable bonds is 2. The van der Waals surface area contributed by atoms with Crippen LogP contribution in [0, 0.1) is 6.92 Å². The summed E-state index contributed by atoms with van der Waals surface area (Å²) in [7, 11) is 3.44. The van der Waals surface area contributed by atoms with Gasteiger partial charge in [0, 0.05) is 7.05 Å². The van der Waals surface area contributed by atoms with Crippen molar-refractivity contribution in [3.8, 4) is 5.75 Å². The van der Waals surface area contributed by atoms with Crippen LogP contribution >= 0.6 is 11.8 Å². The molecule has 0 saturated heterocycles. The van der Waals surface area contributed by atoms with Crippen molar-refractivity contribution in [2.45, 2.75) is 37.1 Å². The highest BCUT2D eigenvalue weighted by molar-refractivity contribution is 7.99. The number of methoxy groups -OCH3 is 1. The second-order valence-electron chi connectivity index (χ2n) is 5.04. The van der Waals surface area contributed by atoms with E-state index < -0.39 is 0 Å². The van der Waals surface area contributed by atoms with E-state index in [0.717, 1.165) is 24.3 Å². The van der Waals surface area contributed by atoms with Crippen LogP contribution in [0.3, 0.4) is 0 Å². The van der Waals surface area contributed by atoms with Crippen molar-refractivity contribution >= 4 is 11.8 Å². The topological polar surface area (TPSA) is 32.7 Å². The van der Waals surface area contributed by atoms with E-state index >= 15 is 0 Å². The fourth-order valence-electron chi connectivity index (χ4n) is 2.67. The maximum Gasteiger partial charge on any atom is 0.132 e. The van der Waals surface area contributed by atoms with Gasteiger partial charge in [-0.05, 0) is 49.6 Å². The normalized spacial score (nSPS) is 23.7. The molecule has 1 aliphatic heterocycles. The summed E-state index contributed by atoms with van der Waals surface area (Å²) in [5, 5.41) is 11.4. The molecule has 3 nitrogen and oxygen atoms in total. The molecular formula is C14H21NO2S. The largest absolute Gasteiger partial charge is 0.496 e. The van der Waals surface area contributed by atoms with Gasteiger partial charge in [-0.25, -0.2) is 0 Å². The molecule has 1 N–H and O–H groups in total. The predicted molar refractivity (Wildman–Crippen MR) is 74.6 cm³/mol. The summed E-state index contributed by atoms with van der Waals surface area (Å²) in [5.41, 5.74) is 2.08. The minimum Gasteiger partial charge on any atom is -0.496 e. The number of hydrogen-bond acceptors (Lipinski definition) is 4. The van der Waals surface area contributed by atoms with Gasteiger partial charge >= 0.3 is 0 Å². The van der Waals surface area contributed by atoms with E-state index in [1.165, 1.54) is 21.1 Å². The van der Waals surface area contributed by atoms with Crippen molar-refractivity contribution in [3.05, 3.63) is 23.3 Å². The van der Waals surface area contributed by atoms with Crippen LogP contribution in [0.4, 0.5) is 0 Å². The number of nitrogens with zero attached hydrogens (tertiary/aromatic N) is 1. The molecule has 1 unspecified atom stereocenters. The van der Waals surface area contributed by atoms with Crippen LogP contribution < -0.4 is 4.74 Å². The molecule has 1 heterocycles. The Morgan fingerprint density at radius 3 is 2.78 bits per heavy atom. The summed E-state index contributed by atoms with van der Waals surface area (Å²) in [6.45, 7) is 4.20. The van der Waals surface area contributed by atoms with Crippen LogP contribution in [-0.2, 0) is 5.54 Å². The Kier molecular flexibility index (Phi) is 3.90. The zero-order valence-corrected chi connectivity index (χ0v) is 12.3. The first-order valence-electron chi connectivity index (χ1n) is 6.24. The van der Waals surface area contributed by atoms with Gasteiger partial charge in [-0.2, -0.15) is 5.06 Å². The first-order chi connectivity index (χ1) is 8.50. The Morgan fingerprint density at radius 1 is 1.44 bits per heavy atom. The Bertz CT molecular complexity index is 448. The monoisotopic (exact) mass is 267 g/mol. The minimum atomic E-state index is -0.336. The van der Waals surface area contributed by atoms with Crippen LogP contribution in [0.15, 0.2) is 17.0 Å². The first-order valence-corrected chi connectivity index (χ1v) is 7.23. The molecule has 0 saturated carbocycles. The zero-order valence-electron chi connectivity index (χ0n) is 11.5. The van der Waals surface area contributed by atoms with E-state index in [9.17, 15) is 5.21 Å². The van der Waals surface area contributed by atoms with E-state index in [4.69, 9.17) is 4.74 Å². The van der Waals surface area contributed by atoms with Gasteiger partial charge in [0.05, 0.1) is 17.5 Å². The van der Waals surface area contributed by atoms with E-state index in [0.29, 0.717) is 0 Å². The minimum absolute atomic E-state index is 0.336. The highest BCUT2D eigenvalue weighted by Gasteiger charge is 2.37. The second kappa shape index (κ2) is 5.11. The van der Waals surface area contributed by atoms with Crippen LogP contribution in [0.2, 0.25) is 0 Å². The first kappa shape index (κ1) is 13.7. The summed E-state index contributed by atoms with van der Waals surface area (Å²) >= 11 is 1.83. The molecule has 0 bridgehead atoms. The number of aryl methyl sites for hydroxylation is 1. The molecule has 1 aromatic carbocycles. The lowest BCUT2D eigenvalue weighted by Gasteiger charge is -2.36. The van der Waals surface area contributed by atoms with Crippen LogP contribution in [0.1, 0.15) is 30.9 Å². The lowest BCUT2D eigenvalue weighted by atomic mass is 9.84. The highest BCUT2D eigenvalue weighted by Crippen LogP contribution is 2.46. The van der Waals surface area contributed by atoms with Gasteiger partial charge in [0.1, 0.15) is 5.75 Å². The number of hydrogen-bond donors (Lipinski definition) is 1. The summed E-state index contributed by atoms with van der Waals surface area (Å²) in [5.74, 6) is 1.98. The van der Waals surface area contributed by atoms with Crippen molar-refractivity contribution in [3.63, 3.8) is 0 Å². The summed E-state index contributed by atoms with van der Waals surface area (Å²) < 4.78 is 5.48. The third kappa shape index (κ3) is 2.13. The lowest BCUT2D eigenvalue weighted by Crippen LogP contribution is -2.39. The molecule has 0 aliphatic carbocycles. The Morgan fingerprint density at radius 2 is 2.17 bits per heavy atom. The standard InChI is InChI=1S/C14H21NO2S/c1-10-6-7-11(17-4)13-12(10)14(2,15(3)16)8-5-9-18-13/h6-7,16H,5,8-9H2,1-4H3. The van der Waals surface area contributed by atoms with Gasteiger partial charge in [0.15, 0.2) is 0 Å². The van der Waals surface area contributed by atoms with Crippen LogP contribution in [0.25, 0.3) is 0 Å². The maximum absolute atomic E-state index is 10.1. The van der Waals surface area contributed by atoms with Crippen molar-refractivity contribution in [2.24, 2.45) is 0 Å². The molecule has 0 fully saturated rings. The fourth-order valence-corrected chi connectivity index (χ4v) is 3.99. The van der Waals surface area contributed by atoms with Crippen molar-refractivity contribution in [2.75, 3.05) is 19.9 Å². The predicted octanol–water partition coefficient (Wildman–Crippen LogP) is 3.43. The fraction of sp³-hybridized carbons (Fsp3) is 0.571. The van der Waals surface area contributed by atoms with Crippen molar-refractivity contribution < 1.29 is 9.94 Å². The number of benzene rings is 1. The Labute approximate surface area is 113 Å². The average molecular weight is 267 g/mol. The van der Waals surface area contributed by atoms with Gasteiger partial charge in [-0.1, -0.05) is 6.07 Å². The smallest absolute Gasteiger partial charge is 0.132 e. The number of thioether (sulfide) groups is 1. The van der Waals surface area contributed by atoms with Crippen LogP contribution in [-0.4, -0.2) is 30.2 Å². The van der Waals surface area contributed by atoms with Crippen molar-refractivity contribution in [1.29, 1.82) is 0 Å². The molecule has 1 aromatic rings. The molecule has 0 aromatic heterocycles. The molecule has 18 heavy (non-hydrogen) atoms. The zero-order chi connectivity index (χ0) is 13.3. The summed E-state index contributed by atoms with van der Waals surface area (Å²) in [4.78, 5) is 1.18. The SMILES string of the molecule is COc1ccc(C)c2c1SCCCC2(C)N(C)O. The quantitative estimate of drug-likeness (QED) is 0.832. The molecule has 1 atom stereocenters. The number of hydroxylamine groups is 2. The Hall–Kier alpha value is -0.710. The van der Waals surface area contributed by atoms with E-state index in [1.54, 1.807) is 14.2 Å². The highest BCUT2D eigenvalue weighted by atomic mass is 32.2. The third-order valence-corrected chi connectivity index (χ3v) is 5.04. The van der Waals surface area contributed by atoms with Gasteiger partial charge in [0.2, 0.25) is 0 Å². The van der Waals surface area contributed by atoms with Gasteiger partial charge in [-0.3, -0.25) is 0 Å². The van der Waals surface area contributed by atoms with E-state index in [1.807, 2.05) is 17.8 Å². The van der Waals surface area contributed by atoms with Gasteiger partial charge < -0.3 is 9.94 Å². The third-order valence-electron chi connectivity index (χ3n) is 3.86. The molecule has 2 rings (SSSR count). The maximum atomic E-state index is 10.1. The number of fused-ring (bicyclic) bond motifs is 1. The molecular weight excluding hydrogens is 246 g/mol. The molecule has 0 amide bonds. The Balaban J connectivity index is 2.67. The molecule has 0 radical (unpaired) electrons. The van der Waals surface area contributed by atoms with Gasteiger partial charge in [0.25, 0.3) is 0 Å². The van der Waals surface area contributed by atoms with Crippen molar-refractivity contribution in [1.82, 2.24) is 5.06 Å². The molecule has 100 valence electrons. The average Bonchev–Trinajstić information content (AvgIpc) is 2.51. The summed E-state index contributed by atoms with van der Waals surface area (Å²) in [6.07, 6.45) is 2.04. The molecule has 0 spiro atoms. The molecule has 4 heteroatoms. The lowest BCUT2D eigenvalue weighted by molar-refractivity contribution is -0.154. The second-order valence-corrected chi connectivity index (χ2v) is 6.14. The van der Waals surface area contributed by atoms with E-state index in [-0.39, 0.29) is 5.54 Å². The summed E-state index contributed by atoms with van der Waals surface area (Å²) in [6, 6.07) is 4.09. The molecule has 1 aliphatic rings. The van der Waals surface area contributed by atoms with Crippen LogP contribution in [0.5, 0.6) is 5.75 Å².